The van der Waals surface area contributed by atoms with Gasteiger partial charge in [0.2, 0.25) is 0 Å². The highest BCUT2D eigenvalue weighted by molar-refractivity contribution is 5.95. The number of nitrogen functional groups attached to an aromatic ring is 1. The van der Waals surface area contributed by atoms with E-state index in [4.69, 9.17) is 25.4 Å². The van der Waals surface area contributed by atoms with Crippen molar-refractivity contribution in [1.82, 2.24) is 14.8 Å². The van der Waals surface area contributed by atoms with Crippen LogP contribution in [0.1, 0.15) is 33.4 Å². The van der Waals surface area contributed by atoms with Crippen LogP contribution in [0.15, 0.2) is 65.5 Å². The Balaban J connectivity index is 1.86. The van der Waals surface area contributed by atoms with Crippen molar-refractivity contribution in [3.05, 3.63) is 99.5 Å². The number of aromatic amines is 1. The van der Waals surface area contributed by atoms with Crippen LogP contribution in [0, 0.1) is 11.2 Å². The minimum Gasteiger partial charge on any atom is -0.493 e. The summed E-state index contributed by atoms with van der Waals surface area (Å²) >= 11 is 0. The number of methoxy groups -OCH3 is 3. The minimum absolute atomic E-state index is 0.0523. The molecule has 3 aromatic carbocycles. The Kier molecular flexibility index (Phi) is 7.42. The summed E-state index contributed by atoms with van der Waals surface area (Å²) in [5, 5.41) is 15.2. The summed E-state index contributed by atoms with van der Waals surface area (Å²) in [6.45, 7) is 0. The van der Waals surface area contributed by atoms with Crippen LogP contribution in [0.2, 0.25) is 0 Å². The molecule has 38 heavy (non-hydrogen) atoms. The number of halogens is 1. The molecule has 0 aliphatic rings. The van der Waals surface area contributed by atoms with Crippen LogP contribution in [0.25, 0.3) is 5.69 Å². The number of esters is 1. The first kappa shape index (κ1) is 25.9. The lowest BCUT2D eigenvalue weighted by molar-refractivity contribution is 0.0600. The van der Waals surface area contributed by atoms with E-state index in [2.05, 4.69) is 15.4 Å². The minimum atomic E-state index is -1.02. The zero-order valence-electron chi connectivity index (χ0n) is 20.7. The van der Waals surface area contributed by atoms with Gasteiger partial charge in [-0.2, -0.15) is 4.68 Å². The summed E-state index contributed by atoms with van der Waals surface area (Å²) < 4.78 is 31.8. The van der Waals surface area contributed by atoms with Crippen LogP contribution in [0.5, 0.6) is 11.5 Å². The van der Waals surface area contributed by atoms with Gasteiger partial charge in [0.05, 0.1) is 32.6 Å². The van der Waals surface area contributed by atoms with E-state index in [-0.39, 0.29) is 40.0 Å². The molecule has 1 heterocycles. The summed E-state index contributed by atoms with van der Waals surface area (Å²) in [6.07, 6.45) is 0. The number of rotatable bonds is 9. The van der Waals surface area contributed by atoms with E-state index in [9.17, 15) is 9.59 Å². The lowest BCUT2D eigenvalue weighted by atomic mass is 10.0. The van der Waals surface area contributed by atoms with Crippen LogP contribution in [-0.2, 0) is 4.74 Å². The number of carbonyl (C=O) groups excluding carboxylic acids is 1. The first-order valence-electron chi connectivity index (χ1n) is 11.3. The van der Waals surface area contributed by atoms with E-state index in [1.54, 1.807) is 36.4 Å². The number of ether oxygens (including phenoxy) is 3. The van der Waals surface area contributed by atoms with Gasteiger partial charge in [0.1, 0.15) is 17.7 Å². The highest BCUT2D eigenvalue weighted by atomic mass is 19.1. The molecular formula is C26H25FN6O5. The van der Waals surface area contributed by atoms with E-state index in [0.29, 0.717) is 11.3 Å². The number of amidine groups is 1. The van der Waals surface area contributed by atoms with Gasteiger partial charge >= 0.3 is 11.7 Å². The van der Waals surface area contributed by atoms with E-state index >= 15 is 4.39 Å². The van der Waals surface area contributed by atoms with Gasteiger partial charge in [-0.3, -0.25) is 10.4 Å². The average molecular weight is 521 g/mol. The van der Waals surface area contributed by atoms with Crippen LogP contribution in [0.3, 0.4) is 0 Å². The van der Waals surface area contributed by atoms with Crippen molar-refractivity contribution in [3.63, 3.8) is 0 Å². The number of hydrogen-bond acceptors (Lipinski definition) is 8. The standard InChI is InChI=1S/C26H25FN6O5/c1-36-20-12-17(18(27)13-21(20)37-2)22(30-15-10-8-14(9-11-15)23(28)29)24-31-26(35)33(32-24)19-7-5-4-6-16(19)25(34)38-3/h4-13,22,30H,1-3H3,(H3,28,29)(H,31,32,35). The second-order valence-electron chi connectivity index (χ2n) is 8.03. The van der Waals surface area contributed by atoms with E-state index in [1.807, 2.05) is 0 Å². The number of hydrogen-bond donors (Lipinski definition) is 4. The molecule has 4 aromatic rings. The maximum absolute atomic E-state index is 15.4. The second kappa shape index (κ2) is 10.9. The molecule has 0 amide bonds. The van der Waals surface area contributed by atoms with E-state index < -0.39 is 23.5 Å². The molecule has 0 spiro atoms. The van der Waals surface area contributed by atoms with Gasteiger partial charge in [-0.25, -0.2) is 14.0 Å². The number of anilines is 1. The smallest absolute Gasteiger partial charge is 0.348 e. The first-order chi connectivity index (χ1) is 18.3. The normalized spacial score (nSPS) is 11.5. The summed E-state index contributed by atoms with van der Waals surface area (Å²) in [7, 11) is 4.04. The number of nitrogens with zero attached hydrogens (tertiary/aromatic N) is 2. The molecule has 1 atom stereocenters. The Bertz CT molecular complexity index is 1550. The number of nitrogens with one attached hydrogen (secondary N) is 3. The van der Waals surface area contributed by atoms with Crippen LogP contribution in [0.4, 0.5) is 10.1 Å². The van der Waals surface area contributed by atoms with Crippen LogP contribution < -0.4 is 26.2 Å². The molecule has 11 nitrogen and oxygen atoms in total. The van der Waals surface area contributed by atoms with Gasteiger partial charge in [0.15, 0.2) is 17.3 Å². The van der Waals surface area contributed by atoms with Gasteiger partial charge in [0.25, 0.3) is 0 Å². The predicted molar refractivity (Wildman–Crippen MR) is 138 cm³/mol. The van der Waals surface area contributed by atoms with Crippen molar-refractivity contribution in [2.45, 2.75) is 6.04 Å². The van der Waals surface area contributed by atoms with Crippen LogP contribution in [-0.4, -0.2) is 47.9 Å². The maximum Gasteiger partial charge on any atom is 0.348 e. The lowest BCUT2D eigenvalue weighted by Gasteiger charge is -2.20. The summed E-state index contributed by atoms with van der Waals surface area (Å²) in [5.41, 5.74) is 6.32. The third-order valence-electron chi connectivity index (χ3n) is 5.77. The van der Waals surface area contributed by atoms with Gasteiger partial charge in [-0.05, 0) is 42.5 Å². The molecule has 4 rings (SSSR count). The molecular weight excluding hydrogens is 495 g/mol. The fourth-order valence-electron chi connectivity index (χ4n) is 3.87. The van der Waals surface area contributed by atoms with Crippen LogP contribution >= 0.6 is 0 Å². The van der Waals surface area contributed by atoms with Crippen molar-refractivity contribution in [2.24, 2.45) is 5.73 Å². The fraction of sp³-hybridized carbons (Fsp3) is 0.154. The van der Waals surface area contributed by atoms with Gasteiger partial charge in [0, 0.05) is 22.9 Å². The van der Waals surface area contributed by atoms with Crippen molar-refractivity contribution in [1.29, 1.82) is 5.41 Å². The zero-order chi connectivity index (χ0) is 27.4. The fourth-order valence-corrected chi connectivity index (χ4v) is 3.87. The highest BCUT2D eigenvalue weighted by Crippen LogP contribution is 2.35. The Hall–Kier alpha value is -5.13. The number of carbonyl (C=O) groups is 1. The average Bonchev–Trinajstić information content (AvgIpc) is 3.32. The number of para-hydroxylation sites is 1. The third-order valence-corrected chi connectivity index (χ3v) is 5.77. The molecule has 0 fully saturated rings. The monoisotopic (exact) mass is 520 g/mol. The number of aromatic nitrogens is 3. The maximum atomic E-state index is 15.4. The molecule has 0 aliphatic carbocycles. The van der Waals surface area contributed by atoms with E-state index in [1.165, 1.54) is 45.6 Å². The molecule has 1 unspecified atom stereocenters. The topological polar surface area (TPSA) is 157 Å². The SMILES string of the molecule is COC(=O)c1ccccc1-n1nc(C(Nc2ccc(C(=N)N)cc2)c2cc(OC)c(OC)cc2F)[nH]c1=O. The summed E-state index contributed by atoms with van der Waals surface area (Å²) in [4.78, 5) is 28.0. The predicted octanol–water partition coefficient (Wildman–Crippen LogP) is 2.99. The molecule has 0 saturated heterocycles. The number of nitrogens with two attached hydrogens (primary N) is 1. The molecule has 12 heteroatoms. The van der Waals surface area contributed by atoms with Gasteiger partial charge in [-0.1, -0.05) is 12.1 Å². The molecule has 1 aromatic heterocycles. The Labute approximate surface area is 216 Å². The molecule has 0 saturated carbocycles. The van der Waals surface area contributed by atoms with E-state index in [0.717, 1.165) is 4.68 Å². The summed E-state index contributed by atoms with van der Waals surface area (Å²) in [6, 6.07) is 14.5. The van der Waals surface area contributed by atoms with Crippen molar-refractivity contribution in [2.75, 3.05) is 26.6 Å². The zero-order valence-corrected chi connectivity index (χ0v) is 20.7. The molecule has 5 N–H and O–H groups in total. The van der Waals surface area contributed by atoms with Crippen molar-refractivity contribution in [3.8, 4) is 17.2 Å². The first-order valence-corrected chi connectivity index (χ1v) is 11.3. The summed E-state index contributed by atoms with van der Waals surface area (Å²) in [5.74, 6) is -0.901. The Morgan fingerprint density at radius 2 is 1.74 bits per heavy atom. The second-order valence-corrected chi connectivity index (χ2v) is 8.03. The largest absolute Gasteiger partial charge is 0.493 e. The number of benzene rings is 3. The number of H-pyrrole nitrogens is 1. The lowest BCUT2D eigenvalue weighted by Crippen LogP contribution is -2.19. The highest BCUT2D eigenvalue weighted by Gasteiger charge is 2.26. The third kappa shape index (κ3) is 5.05. The molecule has 0 radical (unpaired) electrons. The Morgan fingerprint density at radius 1 is 1.08 bits per heavy atom. The molecule has 0 aliphatic heterocycles. The molecule has 0 bridgehead atoms. The quantitative estimate of drug-likeness (QED) is 0.149. The molecule has 196 valence electrons. The van der Waals surface area contributed by atoms with Gasteiger partial charge in [-0.15, -0.1) is 5.10 Å². The van der Waals surface area contributed by atoms with Crippen molar-refractivity contribution < 1.29 is 23.4 Å². The van der Waals surface area contributed by atoms with Gasteiger partial charge < -0.3 is 25.3 Å². The Morgan fingerprint density at radius 3 is 2.37 bits per heavy atom. The van der Waals surface area contributed by atoms with Crippen molar-refractivity contribution >= 4 is 17.5 Å².